The van der Waals surface area contributed by atoms with E-state index in [1.165, 1.54) is 0 Å². The molecule has 0 aliphatic rings. The first-order valence-corrected chi connectivity index (χ1v) is 6.68. The van der Waals surface area contributed by atoms with Gasteiger partial charge in [0.25, 0.3) is 0 Å². The normalized spacial score (nSPS) is 10.7. The maximum absolute atomic E-state index is 6.01. The average molecular weight is 305 g/mol. The van der Waals surface area contributed by atoms with Crippen molar-refractivity contribution in [3.8, 4) is 22.5 Å². The SMILES string of the molecule is Nc1noc(-c2cccc(Cl)c2)c1-c1ccc(Cl)cc1. The summed E-state index contributed by atoms with van der Waals surface area (Å²) >= 11 is 11.9. The summed E-state index contributed by atoms with van der Waals surface area (Å²) in [6.45, 7) is 0. The van der Waals surface area contributed by atoms with Crippen LogP contribution in [-0.4, -0.2) is 5.16 Å². The van der Waals surface area contributed by atoms with Crippen LogP contribution in [0.15, 0.2) is 53.1 Å². The number of hydrogen-bond donors (Lipinski definition) is 1. The molecule has 5 heteroatoms. The van der Waals surface area contributed by atoms with Gasteiger partial charge in [-0.15, -0.1) is 0 Å². The second kappa shape index (κ2) is 5.19. The van der Waals surface area contributed by atoms with Crippen molar-refractivity contribution in [3.05, 3.63) is 58.6 Å². The third kappa shape index (κ3) is 2.38. The molecular formula is C15H10Cl2N2O. The van der Waals surface area contributed by atoms with Gasteiger partial charge < -0.3 is 10.3 Å². The van der Waals surface area contributed by atoms with Gasteiger partial charge in [-0.2, -0.15) is 0 Å². The standard InChI is InChI=1S/C15H10Cl2N2O/c16-11-6-4-9(5-7-11)13-14(20-19-15(13)18)10-2-1-3-12(17)8-10/h1-8H,(H2,18,19). The van der Waals surface area contributed by atoms with Crippen LogP contribution < -0.4 is 5.73 Å². The Balaban J connectivity index is 2.17. The van der Waals surface area contributed by atoms with E-state index in [-0.39, 0.29) is 0 Å². The van der Waals surface area contributed by atoms with Crippen LogP contribution in [0.25, 0.3) is 22.5 Å². The summed E-state index contributed by atoms with van der Waals surface area (Å²) in [5, 5.41) is 5.13. The highest BCUT2D eigenvalue weighted by molar-refractivity contribution is 6.31. The monoisotopic (exact) mass is 304 g/mol. The van der Waals surface area contributed by atoms with E-state index in [1.807, 2.05) is 24.3 Å². The van der Waals surface area contributed by atoms with Crippen LogP contribution in [0.3, 0.4) is 0 Å². The Morgan fingerprint density at radius 3 is 2.35 bits per heavy atom. The Labute approximate surface area is 125 Å². The molecule has 1 heterocycles. The second-order valence-electron chi connectivity index (χ2n) is 4.29. The zero-order valence-corrected chi connectivity index (χ0v) is 11.8. The van der Waals surface area contributed by atoms with Crippen molar-refractivity contribution in [2.45, 2.75) is 0 Å². The van der Waals surface area contributed by atoms with E-state index in [1.54, 1.807) is 24.3 Å². The number of nitrogen functional groups attached to an aromatic ring is 1. The maximum atomic E-state index is 6.01. The summed E-state index contributed by atoms with van der Waals surface area (Å²) in [4.78, 5) is 0. The summed E-state index contributed by atoms with van der Waals surface area (Å²) in [6.07, 6.45) is 0. The lowest BCUT2D eigenvalue weighted by atomic mass is 10.0. The number of rotatable bonds is 2. The molecule has 0 amide bonds. The summed E-state index contributed by atoms with van der Waals surface area (Å²) in [5.74, 6) is 0.926. The average Bonchev–Trinajstić information content (AvgIpc) is 2.82. The van der Waals surface area contributed by atoms with Crippen molar-refractivity contribution < 1.29 is 4.52 Å². The highest BCUT2D eigenvalue weighted by atomic mass is 35.5. The maximum Gasteiger partial charge on any atom is 0.176 e. The highest BCUT2D eigenvalue weighted by Crippen LogP contribution is 2.37. The van der Waals surface area contributed by atoms with Crippen molar-refractivity contribution in [2.75, 3.05) is 5.73 Å². The molecule has 0 saturated carbocycles. The molecule has 1 aromatic heterocycles. The van der Waals surface area contributed by atoms with Gasteiger partial charge >= 0.3 is 0 Å². The first-order chi connectivity index (χ1) is 9.65. The fraction of sp³-hybridized carbons (Fsp3) is 0. The van der Waals surface area contributed by atoms with Crippen molar-refractivity contribution >= 4 is 29.0 Å². The van der Waals surface area contributed by atoms with Gasteiger partial charge in [-0.1, -0.05) is 52.6 Å². The smallest absolute Gasteiger partial charge is 0.176 e. The molecule has 0 aliphatic carbocycles. The van der Waals surface area contributed by atoms with Gasteiger partial charge in [-0.25, -0.2) is 0 Å². The minimum Gasteiger partial charge on any atom is -0.380 e. The largest absolute Gasteiger partial charge is 0.380 e. The summed E-state index contributed by atoms with van der Waals surface area (Å²) in [5.41, 5.74) is 8.37. The molecule has 0 aliphatic heterocycles. The molecule has 0 fully saturated rings. The van der Waals surface area contributed by atoms with Crippen molar-refractivity contribution in [2.24, 2.45) is 0 Å². The number of halogens is 2. The molecule has 20 heavy (non-hydrogen) atoms. The number of hydrogen-bond acceptors (Lipinski definition) is 3. The zero-order chi connectivity index (χ0) is 14.1. The molecule has 0 bridgehead atoms. The number of benzene rings is 2. The first-order valence-electron chi connectivity index (χ1n) is 5.92. The third-order valence-corrected chi connectivity index (χ3v) is 3.43. The molecule has 0 unspecified atom stereocenters. The van der Waals surface area contributed by atoms with Gasteiger partial charge in [0, 0.05) is 15.6 Å². The molecule has 0 saturated heterocycles. The van der Waals surface area contributed by atoms with E-state index in [9.17, 15) is 0 Å². The van der Waals surface area contributed by atoms with Gasteiger partial charge in [0.2, 0.25) is 0 Å². The number of aromatic nitrogens is 1. The first kappa shape index (κ1) is 13.0. The van der Waals surface area contributed by atoms with Crippen LogP contribution in [-0.2, 0) is 0 Å². The van der Waals surface area contributed by atoms with Gasteiger partial charge in [-0.3, -0.25) is 0 Å². The Kier molecular flexibility index (Phi) is 3.38. The van der Waals surface area contributed by atoms with Gasteiger partial charge in [0.05, 0.1) is 5.56 Å². The van der Waals surface area contributed by atoms with Crippen LogP contribution in [0.5, 0.6) is 0 Å². The summed E-state index contributed by atoms with van der Waals surface area (Å²) in [6, 6.07) is 14.7. The van der Waals surface area contributed by atoms with Crippen molar-refractivity contribution in [1.82, 2.24) is 5.16 Å². The van der Waals surface area contributed by atoms with E-state index in [0.717, 1.165) is 16.7 Å². The number of anilines is 1. The zero-order valence-electron chi connectivity index (χ0n) is 10.3. The van der Waals surface area contributed by atoms with Gasteiger partial charge in [0.15, 0.2) is 11.6 Å². The molecule has 0 atom stereocenters. The Hall–Kier alpha value is -1.97. The topological polar surface area (TPSA) is 52.0 Å². The molecule has 3 nitrogen and oxygen atoms in total. The highest BCUT2D eigenvalue weighted by Gasteiger charge is 2.17. The van der Waals surface area contributed by atoms with Crippen LogP contribution in [0.1, 0.15) is 0 Å². The van der Waals surface area contributed by atoms with E-state index in [0.29, 0.717) is 21.6 Å². The predicted octanol–water partition coefficient (Wildman–Crippen LogP) is 4.90. The van der Waals surface area contributed by atoms with Gasteiger partial charge in [-0.05, 0) is 29.8 Å². The molecule has 0 radical (unpaired) electrons. The molecule has 2 N–H and O–H groups in total. The second-order valence-corrected chi connectivity index (χ2v) is 5.16. The van der Waals surface area contributed by atoms with Gasteiger partial charge in [0.1, 0.15) is 0 Å². The number of nitrogens with two attached hydrogens (primary N) is 1. The molecule has 3 aromatic rings. The van der Waals surface area contributed by atoms with E-state index in [2.05, 4.69) is 5.16 Å². The minimum atomic E-state index is 0.335. The minimum absolute atomic E-state index is 0.335. The predicted molar refractivity (Wildman–Crippen MR) is 81.8 cm³/mol. The number of nitrogens with zero attached hydrogens (tertiary/aromatic N) is 1. The Morgan fingerprint density at radius 2 is 1.65 bits per heavy atom. The van der Waals surface area contributed by atoms with Crippen LogP contribution in [0.4, 0.5) is 5.82 Å². The Bertz CT molecular complexity index is 751. The van der Waals surface area contributed by atoms with Crippen molar-refractivity contribution in [3.63, 3.8) is 0 Å². The summed E-state index contributed by atoms with van der Waals surface area (Å²) < 4.78 is 5.35. The molecule has 0 spiro atoms. The van der Waals surface area contributed by atoms with E-state index < -0.39 is 0 Å². The quantitative estimate of drug-likeness (QED) is 0.732. The van der Waals surface area contributed by atoms with Crippen LogP contribution in [0, 0.1) is 0 Å². The third-order valence-electron chi connectivity index (χ3n) is 2.94. The fourth-order valence-corrected chi connectivity index (χ4v) is 2.34. The molecule has 100 valence electrons. The summed E-state index contributed by atoms with van der Waals surface area (Å²) in [7, 11) is 0. The van der Waals surface area contributed by atoms with Crippen LogP contribution in [0.2, 0.25) is 10.0 Å². The van der Waals surface area contributed by atoms with Crippen molar-refractivity contribution in [1.29, 1.82) is 0 Å². The molecular weight excluding hydrogens is 295 g/mol. The molecule has 2 aromatic carbocycles. The van der Waals surface area contributed by atoms with Crippen LogP contribution >= 0.6 is 23.2 Å². The lowest BCUT2D eigenvalue weighted by Crippen LogP contribution is -1.88. The molecule has 3 rings (SSSR count). The van der Waals surface area contributed by atoms with E-state index >= 15 is 0 Å². The fourth-order valence-electron chi connectivity index (χ4n) is 2.02. The Morgan fingerprint density at radius 1 is 0.900 bits per heavy atom. The van der Waals surface area contributed by atoms with E-state index in [4.69, 9.17) is 33.5 Å². The lowest BCUT2D eigenvalue weighted by molar-refractivity contribution is 0.436. The lowest BCUT2D eigenvalue weighted by Gasteiger charge is -2.03.